The number of rotatable bonds is 4. The van der Waals surface area contributed by atoms with Crippen molar-refractivity contribution in [3.63, 3.8) is 0 Å². The first-order chi connectivity index (χ1) is 8.51. The van der Waals surface area contributed by atoms with Crippen LogP contribution in [0, 0.1) is 5.41 Å². The van der Waals surface area contributed by atoms with E-state index in [0.717, 1.165) is 25.7 Å². The number of aliphatic hydroxyl groups excluding tert-OH is 1. The Hall–Kier alpha value is -1.10. The Morgan fingerprint density at radius 2 is 1.89 bits per heavy atom. The van der Waals surface area contributed by atoms with E-state index in [4.69, 9.17) is 5.11 Å². The van der Waals surface area contributed by atoms with Crippen molar-refractivity contribution in [1.82, 2.24) is 4.90 Å². The van der Waals surface area contributed by atoms with Crippen molar-refractivity contribution in [1.29, 1.82) is 0 Å². The molecule has 0 bridgehead atoms. The summed E-state index contributed by atoms with van der Waals surface area (Å²) in [6.45, 7) is 1.01. The highest BCUT2D eigenvalue weighted by Crippen LogP contribution is 2.44. The van der Waals surface area contributed by atoms with Crippen LogP contribution in [0.4, 0.5) is 0 Å². The number of hydrogen-bond acceptors (Lipinski definition) is 3. The van der Waals surface area contributed by atoms with Gasteiger partial charge in [-0.05, 0) is 24.7 Å². The lowest BCUT2D eigenvalue weighted by atomic mass is 9.79. The van der Waals surface area contributed by atoms with Gasteiger partial charge in [0.1, 0.15) is 0 Å². The standard InChI is InChI=1S/C13H21NO4/c15-10-3-6-14(9-10)11(16)7-13(8-12(17)18)4-1-2-5-13/h10,15H,1-9H2,(H,17,18)/t10-/m0/s1. The van der Waals surface area contributed by atoms with E-state index in [1.165, 1.54) is 0 Å². The Bertz CT molecular complexity index is 336. The van der Waals surface area contributed by atoms with Crippen LogP contribution in [0.5, 0.6) is 0 Å². The SMILES string of the molecule is O=C(O)CC1(CC(=O)N2CC[C@H](O)C2)CCCC1. The molecule has 0 unspecified atom stereocenters. The summed E-state index contributed by atoms with van der Waals surface area (Å²) in [7, 11) is 0. The molecule has 1 saturated carbocycles. The first-order valence-corrected chi connectivity index (χ1v) is 6.68. The predicted octanol–water partition coefficient (Wildman–Crippen LogP) is 1.00. The molecule has 1 aliphatic heterocycles. The maximum absolute atomic E-state index is 12.2. The second kappa shape index (κ2) is 5.26. The third-order valence-corrected chi connectivity index (χ3v) is 4.23. The fourth-order valence-electron chi connectivity index (χ4n) is 3.26. The maximum atomic E-state index is 12.2. The molecule has 0 spiro atoms. The van der Waals surface area contributed by atoms with Crippen LogP contribution in [0.1, 0.15) is 44.9 Å². The van der Waals surface area contributed by atoms with Gasteiger partial charge in [-0.15, -0.1) is 0 Å². The smallest absolute Gasteiger partial charge is 0.303 e. The molecule has 2 N–H and O–H groups in total. The number of carboxylic acid groups (broad SMARTS) is 1. The molecule has 0 radical (unpaired) electrons. The summed E-state index contributed by atoms with van der Waals surface area (Å²) in [5.41, 5.74) is -0.337. The Labute approximate surface area is 107 Å². The van der Waals surface area contributed by atoms with Crippen LogP contribution in [0.15, 0.2) is 0 Å². The molecule has 0 aromatic carbocycles. The number of β-amino-alcohol motifs (C(OH)–C–C–N with tert-alkyl or cyclic N) is 1. The van der Waals surface area contributed by atoms with E-state index in [-0.39, 0.29) is 17.7 Å². The van der Waals surface area contributed by atoms with Gasteiger partial charge in [-0.25, -0.2) is 0 Å². The number of nitrogens with zero attached hydrogens (tertiary/aromatic N) is 1. The quantitative estimate of drug-likeness (QED) is 0.785. The lowest BCUT2D eigenvalue weighted by Gasteiger charge is -2.28. The molecule has 5 nitrogen and oxygen atoms in total. The average Bonchev–Trinajstić information content (AvgIpc) is 2.87. The molecule has 1 amide bonds. The van der Waals surface area contributed by atoms with Gasteiger partial charge >= 0.3 is 5.97 Å². The minimum atomic E-state index is -0.814. The zero-order chi connectivity index (χ0) is 13.2. The van der Waals surface area contributed by atoms with Crippen LogP contribution in [-0.2, 0) is 9.59 Å². The third-order valence-electron chi connectivity index (χ3n) is 4.23. The van der Waals surface area contributed by atoms with Crippen molar-refractivity contribution in [3.05, 3.63) is 0 Å². The van der Waals surface area contributed by atoms with Crippen molar-refractivity contribution in [2.75, 3.05) is 13.1 Å². The van der Waals surface area contributed by atoms with Gasteiger partial charge in [-0.3, -0.25) is 9.59 Å². The lowest BCUT2D eigenvalue weighted by Crippen LogP contribution is -2.35. The van der Waals surface area contributed by atoms with Crippen molar-refractivity contribution in [3.8, 4) is 0 Å². The van der Waals surface area contributed by atoms with E-state index in [1.807, 2.05) is 0 Å². The summed E-state index contributed by atoms with van der Waals surface area (Å²) < 4.78 is 0. The van der Waals surface area contributed by atoms with Gasteiger partial charge < -0.3 is 15.1 Å². The first kappa shape index (κ1) is 13.3. The summed E-state index contributed by atoms with van der Waals surface area (Å²) >= 11 is 0. The number of carbonyl (C=O) groups is 2. The van der Waals surface area contributed by atoms with E-state index in [2.05, 4.69) is 0 Å². The monoisotopic (exact) mass is 255 g/mol. The highest BCUT2D eigenvalue weighted by Gasteiger charge is 2.39. The number of carboxylic acids is 1. The minimum absolute atomic E-state index is 0.00898. The van der Waals surface area contributed by atoms with E-state index in [0.29, 0.717) is 25.9 Å². The fourth-order valence-corrected chi connectivity index (χ4v) is 3.26. The summed E-state index contributed by atoms with van der Waals surface area (Å²) in [5.74, 6) is -0.805. The molecule has 2 rings (SSSR count). The van der Waals surface area contributed by atoms with Crippen LogP contribution >= 0.6 is 0 Å². The Morgan fingerprint density at radius 3 is 2.39 bits per heavy atom. The van der Waals surface area contributed by atoms with Crippen molar-refractivity contribution in [2.45, 2.75) is 51.0 Å². The number of amides is 1. The summed E-state index contributed by atoms with van der Waals surface area (Å²) in [5, 5.41) is 18.4. The van der Waals surface area contributed by atoms with Crippen molar-refractivity contribution >= 4 is 11.9 Å². The van der Waals surface area contributed by atoms with E-state index >= 15 is 0 Å². The number of likely N-dealkylation sites (tertiary alicyclic amines) is 1. The molecule has 2 fully saturated rings. The van der Waals surface area contributed by atoms with Crippen LogP contribution in [-0.4, -0.2) is 46.2 Å². The number of aliphatic hydroxyl groups is 1. The van der Waals surface area contributed by atoms with Crippen LogP contribution < -0.4 is 0 Å². The van der Waals surface area contributed by atoms with Crippen LogP contribution in [0.2, 0.25) is 0 Å². The Morgan fingerprint density at radius 1 is 1.22 bits per heavy atom. The van der Waals surface area contributed by atoms with Gasteiger partial charge in [0.05, 0.1) is 12.5 Å². The summed E-state index contributed by atoms with van der Waals surface area (Å²) in [4.78, 5) is 24.8. The summed E-state index contributed by atoms with van der Waals surface area (Å²) in [6, 6.07) is 0. The number of hydrogen-bond donors (Lipinski definition) is 2. The van der Waals surface area contributed by atoms with E-state index < -0.39 is 12.1 Å². The molecule has 18 heavy (non-hydrogen) atoms. The Balaban J connectivity index is 1.96. The molecule has 0 aromatic rings. The topological polar surface area (TPSA) is 77.8 Å². The number of carbonyl (C=O) groups excluding carboxylic acids is 1. The molecule has 2 aliphatic rings. The van der Waals surface area contributed by atoms with Gasteiger partial charge in [0.2, 0.25) is 5.91 Å². The average molecular weight is 255 g/mol. The molecule has 1 heterocycles. The van der Waals surface area contributed by atoms with Gasteiger partial charge in [0.15, 0.2) is 0 Å². The van der Waals surface area contributed by atoms with Crippen molar-refractivity contribution < 1.29 is 19.8 Å². The lowest BCUT2D eigenvalue weighted by molar-refractivity contribution is -0.141. The van der Waals surface area contributed by atoms with Crippen LogP contribution in [0.3, 0.4) is 0 Å². The molecule has 102 valence electrons. The molecule has 1 aliphatic carbocycles. The van der Waals surface area contributed by atoms with Crippen LogP contribution in [0.25, 0.3) is 0 Å². The molecular formula is C13H21NO4. The first-order valence-electron chi connectivity index (χ1n) is 6.68. The zero-order valence-electron chi connectivity index (χ0n) is 10.6. The molecule has 0 aromatic heterocycles. The second-order valence-electron chi connectivity index (χ2n) is 5.74. The molecular weight excluding hydrogens is 234 g/mol. The Kier molecular flexibility index (Phi) is 3.90. The van der Waals surface area contributed by atoms with E-state index in [1.54, 1.807) is 4.90 Å². The molecule has 5 heteroatoms. The molecule has 1 atom stereocenters. The van der Waals surface area contributed by atoms with Gasteiger partial charge in [0, 0.05) is 19.5 Å². The predicted molar refractivity (Wildman–Crippen MR) is 65.0 cm³/mol. The molecule has 1 saturated heterocycles. The maximum Gasteiger partial charge on any atom is 0.303 e. The van der Waals surface area contributed by atoms with Crippen molar-refractivity contribution in [2.24, 2.45) is 5.41 Å². The highest BCUT2D eigenvalue weighted by molar-refractivity contribution is 5.78. The van der Waals surface area contributed by atoms with Gasteiger partial charge in [-0.2, -0.15) is 0 Å². The minimum Gasteiger partial charge on any atom is -0.481 e. The highest BCUT2D eigenvalue weighted by atomic mass is 16.4. The van der Waals surface area contributed by atoms with Gasteiger partial charge in [-0.1, -0.05) is 12.8 Å². The normalized spacial score (nSPS) is 26.5. The largest absolute Gasteiger partial charge is 0.481 e. The fraction of sp³-hybridized carbons (Fsp3) is 0.846. The summed E-state index contributed by atoms with van der Waals surface area (Å²) in [6.07, 6.45) is 4.35. The second-order valence-corrected chi connectivity index (χ2v) is 5.74. The van der Waals surface area contributed by atoms with Gasteiger partial charge in [0.25, 0.3) is 0 Å². The number of aliphatic carboxylic acids is 1. The third kappa shape index (κ3) is 3.02. The van der Waals surface area contributed by atoms with E-state index in [9.17, 15) is 14.7 Å². The zero-order valence-corrected chi connectivity index (χ0v) is 10.6.